The molecule has 27 heavy (non-hydrogen) atoms. The summed E-state index contributed by atoms with van der Waals surface area (Å²) in [5, 5.41) is 6.80. The van der Waals surface area contributed by atoms with Crippen LogP contribution in [0.2, 0.25) is 5.02 Å². The van der Waals surface area contributed by atoms with E-state index in [-0.39, 0.29) is 5.91 Å². The number of carbonyl (C=O) groups excluding carboxylic acids is 1. The number of methoxy groups -OCH3 is 1. The van der Waals surface area contributed by atoms with Crippen molar-refractivity contribution in [3.8, 4) is 5.75 Å². The third-order valence-corrected chi connectivity index (χ3v) is 4.34. The van der Waals surface area contributed by atoms with Crippen molar-refractivity contribution in [2.75, 3.05) is 12.4 Å². The van der Waals surface area contributed by atoms with Gasteiger partial charge in [0.05, 0.1) is 7.11 Å². The highest BCUT2D eigenvalue weighted by Gasteiger charge is 2.09. The van der Waals surface area contributed by atoms with Crippen molar-refractivity contribution >= 4 is 29.0 Å². The maximum absolute atomic E-state index is 12.5. The van der Waals surface area contributed by atoms with Crippen molar-refractivity contribution in [3.05, 3.63) is 82.5 Å². The van der Waals surface area contributed by atoms with Crippen molar-refractivity contribution < 1.29 is 9.53 Å². The highest BCUT2D eigenvalue weighted by atomic mass is 35.5. The van der Waals surface area contributed by atoms with E-state index in [9.17, 15) is 4.79 Å². The summed E-state index contributed by atoms with van der Waals surface area (Å²) in [4.78, 5) is 16.8. The number of nitrogens with one attached hydrogen (secondary N) is 2. The van der Waals surface area contributed by atoms with E-state index in [1.54, 1.807) is 31.5 Å². The first kappa shape index (κ1) is 18.7. The number of amides is 1. The second-order valence-corrected chi connectivity index (χ2v) is 6.44. The Morgan fingerprint density at radius 3 is 2.74 bits per heavy atom. The minimum atomic E-state index is -0.181. The van der Waals surface area contributed by atoms with E-state index in [0.717, 1.165) is 22.6 Å². The van der Waals surface area contributed by atoms with Gasteiger partial charge >= 0.3 is 0 Å². The predicted octanol–water partition coefficient (Wildman–Crippen LogP) is 4.73. The number of aryl methyl sites for hydroxylation is 1. The number of ether oxygens (including phenoxy) is 1. The van der Waals surface area contributed by atoms with Crippen LogP contribution in [0.4, 0.5) is 11.5 Å². The van der Waals surface area contributed by atoms with E-state index in [4.69, 9.17) is 16.3 Å². The van der Waals surface area contributed by atoms with Gasteiger partial charge in [0.25, 0.3) is 5.91 Å². The van der Waals surface area contributed by atoms with Gasteiger partial charge in [-0.1, -0.05) is 29.8 Å². The molecular weight excluding hydrogens is 362 g/mol. The van der Waals surface area contributed by atoms with Crippen molar-refractivity contribution in [2.45, 2.75) is 13.5 Å². The van der Waals surface area contributed by atoms with Crippen LogP contribution < -0.4 is 15.4 Å². The fourth-order valence-corrected chi connectivity index (χ4v) is 2.90. The summed E-state index contributed by atoms with van der Waals surface area (Å²) in [7, 11) is 1.61. The van der Waals surface area contributed by atoms with E-state index < -0.39 is 0 Å². The zero-order chi connectivity index (χ0) is 19.2. The van der Waals surface area contributed by atoms with Crippen LogP contribution in [0.3, 0.4) is 0 Å². The van der Waals surface area contributed by atoms with E-state index in [1.807, 2.05) is 43.3 Å². The van der Waals surface area contributed by atoms with Gasteiger partial charge < -0.3 is 15.4 Å². The smallest absolute Gasteiger partial charge is 0.251 e. The van der Waals surface area contributed by atoms with Gasteiger partial charge in [0.15, 0.2) is 0 Å². The first-order valence-electron chi connectivity index (χ1n) is 8.46. The summed E-state index contributed by atoms with van der Waals surface area (Å²) < 4.78 is 5.31. The molecule has 3 rings (SSSR count). The molecular formula is C21H20ClN3O2. The lowest BCUT2D eigenvalue weighted by molar-refractivity contribution is 0.0950. The average Bonchev–Trinajstić information content (AvgIpc) is 2.68. The molecule has 138 valence electrons. The van der Waals surface area contributed by atoms with Crippen molar-refractivity contribution in [2.24, 2.45) is 0 Å². The van der Waals surface area contributed by atoms with Gasteiger partial charge in [-0.25, -0.2) is 4.98 Å². The van der Waals surface area contributed by atoms with Crippen LogP contribution >= 0.6 is 11.6 Å². The van der Waals surface area contributed by atoms with Crippen LogP contribution in [-0.4, -0.2) is 18.0 Å². The first-order valence-corrected chi connectivity index (χ1v) is 8.84. The molecule has 0 atom stereocenters. The largest absolute Gasteiger partial charge is 0.496 e. The standard InChI is InChI=1S/C21H20ClN3O2/c1-14-11-17(22)7-8-18(14)25-20-12-15(9-10-23-20)21(26)24-13-16-5-3-4-6-19(16)27-2/h3-12H,13H2,1-2H3,(H,23,25)(H,24,26). The van der Waals surface area contributed by atoms with Gasteiger partial charge in [-0.3, -0.25) is 4.79 Å². The monoisotopic (exact) mass is 381 g/mol. The van der Waals surface area contributed by atoms with Crippen molar-refractivity contribution in [1.29, 1.82) is 0 Å². The SMILES string of the molecule is COc1ccccc1CNC(=O)c1ccnc(Nc2ccc(Cl)cc2C)c1. The van der Waals surface area contributed by atoms with Crippen LogP contribution in [0.15, 0.2) is 60.8 Å². The summed E-state index contributed by atoms with van der Waals surface area (Å²) >= 11 is 5.99. The van der Waals surface area contributed by atoms with Crippen LogP contribution in [0.25, 0.3) is 0 Å². The molecule has 0 spiro atoms. The summed E-state index contributed by atoms with van der Waals surface area (Å²) in [5.41, 5.74) is 3.32. The minimum Gasteiger partial charge on any atom is -0.496 e. The molecule has 5 nitrogen and oxygen atoms in total. The summed E-state index contributed by atoms with van der Waals surface area (Å²) in [5.74, 6) is 1.15. The topological polar surface area (TPSA) is 63.2 Å². The number of rotatable bonds is 6. The predicted molar refractivity (Wildman–Crippen MR) is 108 cm³/mol. The highest BCUT2D eigenvalue weighted by molar-refractivity contribution is 6.30. The number of para-hydroxylation sites is 1. The van der Waals surface area contributed by atoms with E-state index >= 15 is 0 Å². The minimum absolute atomic E-state index is 0.181. The fourth-order valence-electron chi connectivity index (χ4n) is 2.67. The maximum atomic E-state index is 12.5. The molecule has 1 aromatic heterocycles. The van der Waals surface area contributed by atoms with Crippen LogP contribution in [0.1, 0.15) is 21.5 Å². The molecule has 0 fully saturated rings. The molecule has 0 bridgehead atoms. The molecule has 1 heterocycles. The Kier molecular flexibility index (Phi) is 5.94. The maximum Gasteiger partial charge on any atom is 0.251 e. The zero-order valence-corrected chi connectivity index (χ0v) is 15.9. The molecule has 0 radical (unpaired) electrons. The second-order valence-electron chi connectivity index (χ2n) is 6.01. The quantitative estimate of drug-likeness (QED) is 0.648. The molecule has 2 N–H and O–H groups in total. The normalized spacial score (nSPS) is 10.3. The molecule has 0 aliphatic rings. The van der Waals surface area contributed by atoms with E-state index in [2.05, 4.69) is 15.6 Å². The molecule has 0 aliphatic heterocycles. The highest BCUT2D eigenvalue weighted by Crippen LogP contribution is 2.23. The number of hydrogen-bond acceptors (Lipinski definition) is 4. The third kappa shape index (κ3) is 4.77. The Hall–Kier alpha value is -3.05. The Labute approximate surface area is 163 Å². The number of benzene rings is 2. The van der Waals surface area contributed by atoms with Gasteiger partial charge in [0.1, 0.15) is 11.6 Å². The second kappa shape index (κ2) is 8.56. The Balaban J connectivity index is 1.70. The third-order valence-electron chi connectivity index (χ3n) is 4.11. The number of pyridine rings is 1. The number of aromatic nitrogens is 1. The number of carbonyl (C=O) groups is 1. The number of hydrogen-bond donors (Lipinski definition) is 2. The molecule has 0 saturated heterocycles. The Morgan fingerprint density at radius 1 is 1.15 bits per heavy atom. The van der Waals surface area contributed by atoms with Gasteiger partial charge in [-0.15, -0.1) is 0 Å². The molecule has 0 unspecified atom stereocenters. The summed E-state index contributed by atoms with van der Waals surface area (Å²) in [6.45, 7) is 2.34. The zero-order valence-electron chi connectivity index (χ0n) is 15.1. The van der Waals surface area contributed by atoms with Gasteiger partial charge in [-0.05, 0) is 48.9 Å². The molecule has 1 amide bonds. The van der Waals surface area contributed by atoms with Crippen molar-refractivity contribution in [1.82, 2.24) is 10.3 Å². The summed E-state index contributed by atoms with van der Waals surface area (Å²) in [6, 6.07) is 16.5. The van der Waals surface area contributed by atoms with Gasteiger partial charge in [0.2, 0.25) is 0 Å². The number of halogens is 1. The lowest BCUT2D eigenvalue weighted by Gasteiger charge is -2.11. The van der Waals surface area contributed by atoms with Crippen LogP contribution in [0, 0.1) is 6.92 Å². The Morgan fingerprint density at radius 2 is 1.96 bits per heavy atom. The lowest BCUT2D eigenvalue weighted by Crippen LogP contribution is -2.23. The van der Waals surface area contributed by atoms with Crippen LogP contribution in [0.5, 0.6) is 5.75 Å². The van der Waals surface area contributed by atoms with Crippen LogP contribution in [-0.2, 0) is 6.54 Å². The van der Waals surface area contributed by atoms with E-state index in [0.29, 0.717) is 22.9 Å². The van der Waals surface area contributed by atoms with Gasteiger partial charge in [-0.2, -0.15) is 0 Å². The number of anilines is 2. The van der Waals surface area contributed by atoms with E-state index in [1.165, 1.54) is 0 Å². The fraction of sp³-hybridized carbons (Fsp3) is 0.143. The molecule has 0 aliphatic carbocycles. The molecule has 2 aromatic carbocycles. The lowest BCUT2D eigenvalue weighted by atomic mass is 10.2. The molecule has 3 aromatic rings. The van der Waals surface area contributed by atoms with Crippen molar-refractivity contribution in [3.63, 3.8) is 0 Å². The first-order chi connectivity index (χ1) is 13.1. The molecule has 6 heteroatoms. The average molecular weight is 382 g/mol. The number of nitrogens with zero attached hydrogens (tertiary/aromatic N) is 1. The summed E-state index contributed by atoms with van der Waals surface area (Å²) in [6.07, 6.45) is 1.60. The molecule has 0 saturated carbocycles. The van der Waals surface area contributed by atoms with Gasteiger partial charge in [0, 0.05) is 34.6 Å². The Bertz CT molecular complexity index is 960.